The number of rotatable bonds is 2. The third-order valence-corrected chi connectivity index (χ3v) is 5.63. The number of allylic oxidation sites excluding steroid dienone is 3. The molecule has 0 saturated carbocycles. The molecule has 0 amide bonds. The van der Waals surface area contributed by atoms with Gasteiger partial charge in [-0.25, -0.2) is 0 Å². The molecule has 0 bridgehead atoms. The molecule has 0 atom stereocenters. The van der Waals surface area contributed by atoms with Crippen molar-refractivity contribution in [2.45, 2.75) is 62.3 Å². The van der Waals surface area contributed by atoms with E-state index >= 15 is 0 Å². The monoisotopic (exact) mass is 369 g/mol. The van der Waals surface area contributed by atoms with Crippen LogP contribution in [0.25, 0.3) is 11.1 Å². The summed E-state index contributed by atoms with van der Waals surface area (Å²) < 4.78 is 0. The standard InChI is InChI=1S/C28H33/c1-17-10-19(3)26(20(4)11-17)23-14-24(16-25(15-23)28(7,8)9)27-21(5)12-18(2)13-22(27)6/h10-13,15-16H,1-9H3. The molecular weight excluding hydrogens is 336 g/mol. The SMILES string of the molecule is Cc1cc(C)c(C2=C=C(c3c(C)cc(C)cc3C)C=C(C(C)(C)C)[CH]2)c(C)c1. The lowest BCUT2D eigenvalue weighted by Gasteiger charge is -2.28. The van der Waals surface area contributed by atoms with E-state index in [-0.39, 0.29) is 5.41 Å². The number of hydrogen-bond acceptors (Lipinski definition) is 0. The van der Waals surface area contributed by atoms with E-state index in [9.17, 15) is 0 Å². The zero-order valence-corrected chi connectivity index (χ0v) is 19.0. The summed E-state index contributed by atoms with van der Waals surface area (Å²) in [6, 6.07) is 9.12. The van der Waals surface area contributed by atoms with Crippen molar-refractivity contribution >= 4 is 11.1 Å². The quantitative estimate of drug-likeness (QED) is 0.474. The molecule has 28 heavy (non-hydrogen) atoms. The minimum absolute atomic E-state index is 0.0810. The Bertz CT molecular complexity index is 996. The first-order valence-corrected chi connectivity index (χ1v) is 10.2. The fourth-order valence-corrected chi connectivity index (χ4v) is 4.48. The Morgan fingerprint density at radius 3 is 1.39 bits per heavy atom. The summed E-state index contributed by atoms with van der Waals surface area (Å²) in [4.78, 5) is 0. The Kier molecular flexibility index (Phi) is 5.30. The minimum atomic E-state index is 0.0810. The van der Waals surface area contributed by atoms with Crippen molar-refractivity contribution in [3.63, 3.8) is 0 Å². The van der Waals surface area contributed by atoms with E-state index in [1.807, 2.05) is 0 Å². The molecule has 0 unspecified atom stereocenters. The summed E-state index contributed by atoms with van der Waals surface area (Å²) in [5.41, 5.74) is 18.2. The smallest absolute Gasteiger partial charge is 0.0250 e. The van der Waals surface area contributed by atoms with Gasteiger partial charge in [-0.2, -0.15) is 0 Å². The van der Waals surface area contributed by atoms with E-state index < -0.39 is 0 Å². The Labute approximate surface area is 171 Å². The highest BCUT2D eigenvalue weighted by atomic mass is 14.3. The molecule has 0 saturated heterocycles. The van der Waals surface area contributed by atoms with Crippen LogP contribution in [0, 0.1) is 53.4 Å². The summed E-state index contributed by atoms with van der Waals surface area (Å²) in [6.07, 6.45) is 4.68. The number of benzene rings is 2. The Morgan fingerprint density at radius 1 is 0.607 bits per heavy atom. The van der Waals surface area contributed by atoms with Crippen LogP contribution in [0.5, 0.6) is 0 Å². The number of aryl methyl sites for hydroxylation is 6. The highest BCUT2D eigenvalue weighted by Gasteiger charge is 2.24. The molecule has 2 aromatic carbocycles. The Balaban J connectivity index is 2.33. The summed E-state index contributed by atoms with van der Waals surface area (Å²) in [6.45, 7) is 20.1. The van der Waals surface area contributed by atoms with Crippen molar-refractivity contribution in [3.05, 3.63) is 92.6 Å². The lowest BCUT2D eigenvalue weighted by molar-refractivity contribution is 0.512. The predicted octanol–water partition coefficient (Wildman–Crippen LogP) is 7.79. The van der Waals surface area contributed by atoms with Crippen molar-refractivity contribution in [2.24, 2.45) is 5.41 Å². The summed E-state index contributed by atoms with van der Waals surface area (Å²) in [7, 11) is 0. The lowest BCUT2D eigenvalue weighted by atomic mass is 9.76. The first-order chi connectivity index (χ1) is 13.0. The maximum absolute atomic E-state index is 3.79. The van der Waals surface area contributed by atoms with Crippen molar-refractivity contribution < 1.29 is 0 Å². The van der Waals surface area contributed by atoms with Crippen LogP contribution in [-0.4, -0.2) is 0 Å². The zero-order chi connectivity index (χ0) is 20.8. The average molecular weight is 370 g/mol. The zero-order valence-electron chi connectivity index (χ0n) is 19.0. The van der Waals surface area contributed by atoms with Crippen LogP contribution in [-0.2, 0) is 0 Å². The van der Waals surface area contributed by atoms with E-state index in [1.165, 1.54) is 61.2 Å². The fourth-order valence-electron chi connectivity index (χ4n) is 4.48. The summed E-state index contributed by atoms with van der Waals surface area (Å²) in [5.74, 6) is 0. The van der Waals surface area contributed by atoms with E-state index in [0.717, 1.165) is 0 Å². The van der Waals surface area contributed by atoms with Gasteiger partial charge in [0, 0.05) is 17.6 Å². The molecule has 2 aromatic rings. The van der Waals surface area contributed by atoms with Crippen LogP contribution in [0.3, 0.4) is 0 Å². The first kappa shape index (κ1) is 20.4. The third-order valence-electron chi connectivity index (χ3n) is 5.63. The number of hydrogen-bond donors (Lipinski definition) is 0. The molecule has 145 valence electrons. The molecule has 0 N–H and O–H groups in total. The second-order valence-corrected chi connectivity index (χ2v) is 9.49. The molecule has 0 heteroatoms. The molecule has 0 spiro atoms. The van der Waals surface area contributed by atoms with E-state index in [2.05, 4.69) is 105 Å². The molecule has 1 aliphatic carbocycles. The molecular formula is C28H33. The van der Waals surface area contributed by atoms with Gasteiger partial charge >= 0.3 is 0 Å². The highest BCUT2D eigenvalue weighted by Crippen LogP contribution is 2.40. The van der Waals surface area contributed by atoms with Gasteiger partial charge in [0.05, 0.1) is 0 Å². The van der Waals surface area contributed by atoms with Gasteiger partial charge < -0.3 is 0 Å². The van der Waals surface area contributed by atoms with Crippen LogP contribution in [0.1, 0.15) is 65.3 Å². The van der Waals surface area contributed by atoms with Gasteiger partial charge in [0.2, 0.25) is 0 Å². The van der Waals surface area contributed by atoms with Gasteiger partial charge in [0.15, 0.2) is 0 Å². The van der Waals surface area contributed by atoms with Crippen molar-refractivity contribution in [2.75, 3.05) is 0 Å². The normalized spacial score (nSPS) is 14.5. The van der Waals surface area contributed by atoms with Crippen LogP contribution in [0.15, 0.2) is 41.6 Å². The maximum atomic E-state index is 3.79. The lowest BCUT2D eigenvalue weighted by Crippen LogP contribution is -2.13. The predicted molar refractivity (Wildman–Crippen MR) is 123 cm³/mol. The van der Waals surface area contributed by atoms with Crippen LogP contribution in [0.2, 0.25) is 0 Å². The van der Waals surface area contributed by atoms with Crippen molar-refractivity contribution in [1.82, 2.24) is 0 Å². The highest BCUT2D eigenvalue weighted by molar-refractivity contribution is 5.91. The van der Waals surface area contributed by atoms with E-state index in [0.29, 0.717) is 0 Å². The molecule has 0 heterocycles. The summed E-state index contributed by atoms with van der Waals surface area (Å²) in [5, 5.41) is 0. The maximum Gasteiger partial charge on any atom is 0.0250 e. The summed E-state index contributed by atoms with van der Waals surface area (Å²) >= 11 is 0. The van der Waals surface area contributed by atoms with E-state index in [1.54, 1.807) is 0 Å². The second kappa shape index (κ2) is 7.26. The van der Waals surface area contributed by atoms with E-state index in [4.69, 9.17) is 0 Å². The molecule has 3 rings (SSSR count). The largest absolute Gasteiger partial charge is 0.107 e. The van der Waals surface area contributed by atoms with Crippen LogP contribution >= 0.6 is 0 Å². The minimum Gasteiger partial charge on any atom is -0.107 e. The first-order valence-electron chi connectivity index (χ1n) is 10.2. The van der Waals surface area contributed by atoms with Gasteiger partial charge in [0.25, 0.3) is 0 Å². The molecule has 0 aromatic heterocycles. The van der Waals surface area contributed by atoms with Gasteiger partial charge in [0.1, 0.15) is 0 Å². The third kappa shape index (κ3) is 3.94. The van der Waals surface area contributed by atoms with Crippen molar-refractivity contribution in [3.8, 4) is 0 Å². The van der Waals surface area contributed by atoms with Gasteiger partial charge in [-0.1, -0.05) is 61.7 Å². The Morgan fingerprint density at radius 2 is 1.00 bits per heavy atom. The van der Waals surface area contributed by atoms with Gasteiger partial charge in [-0.3, -0.25) is 0 Å². The second-order valence-electron chi connectivity index (χ2n) is 9.49. The van der Waals surface area contributed by atoms with Crippen LogP contribution < -0.4 is 0 Å². The molecule has 1 radical (unpaired) electrons. The average Bonchev–Trinajstić information content (AvgIpc) is 2.51. The molecule has 0 aliphatic heterocycles. The fraction of sp³-hybridized carbons (Fsp3) is 0.357. The molecule has 0 nitrogen and oxygen atoms in total. The Hall–Kier alpha value is -2.30. The topological polar surface area (TPSA) is 0 Å². The van der Waals surface area contributed by atoms with Gasteiger partial charge in [-0.05, 0) is 86.4 Å². The molecule has 0 fully saturated rings. The van der Waals surface area contributed by atoms with Gasteiger partial charge in [-0.15, -0.1) is 5.73 Å². The van der Waals surface area contributed by atoms with Crippen molar-refractivity contribution in [1.29, 1.82) is 0 Å². The van der Waals surface area contributed by atoms with Crippen LogP contribution in [0.4, 0.5) is 0 Å². The molecule has 1 aliphatic rings.